The average Bonchev–Trinajstić information content (AvgIpc) is 2.67. The van der Waals surface area contributed by atoms with Gasteiger partial charge in [0.1, 0.15) is 0 Å². The molecule has 124 valence electrons. The van der Waals surface area contributed by atoms with Crippen LogP contribution in [-0.2, 0) is 0 Å². The maximum absolute atomic E-state index is 10.8. The van der Waals surface area contributed by atoms with Crippen molar-refractivity contribution in [3.8, 4) is 0 Å². The molecule has 1 N–H and O–H groups in total. The first-order valence-corrected chi connectivity index (χ1v) is 8.01. The van der Waals surface area contributed by atoms with Crippen LogP contribution >= 0.6 is 0 Å². The Bertz CT molecular complexity index is 844. The van der Waals surface area contributed by atoms with E-state index in [9.17, 15) is 10.1 Å². The number of nitrogens with one attached hydrogen (secondary N) is 1. The highest BCUT2D eigenvalue weighted by molar-refractivity contribution is 5.55. The van der Waals surface area contributed by atoms with Gasteiger partial charge in [-0.1, -0.05) is 72.8 Å². The smallest absolute Gasteiger partial charge is 0.269 e. The maximum atomic E-state index is 10.8. The van der Waals surface area contributed by atoms with E-state index in [0.717, 1.165) is 16.8 Å². The molecule has 0 aliphatic rings. The molecule has 3 aromatic rings. The van der Waals surface area contributed by atoms with Gasteiger partial charge >= 0.3 is 0 Å². The number of hydrogen-bond donors (Lipinski definition) is 1. The molecule has 0 radical (unpaired) electrons. The van der Waals surface area contributed by atoms with Crippen molar-refractivity contribution in [3.05, 3.63) is 112 Å². The zero-order chi connectivity index (χ0) is 17.5. The first-order chi connectivity index (χ1) is 12.2. The Labute approximate surface area is 146 Å². The normalized spacial score (nSPS) is 12.0. The van der Waals surface area contributed by atoms with Crippen LogP contribution in [-0.4, -0.2) is 4.92 Å². The molecule has 0 fully saturated rings. The van der Waals surface area contributed by atoms with E-state index >= 15 is 0 Å². The SMILES string of the molecule is O=[N+]([O-])c1ccc(NC(/C=C/c2ccccc2)c2ccccc2)cc1. The van der Waals surface area contributed by atoms with Gasteiger partial charge in [0.15, 0.2) is 0 Å². The Kier molecular flexibility index (Phi) is 5.22. The molecule has 1 atom stereocenters. The van der Waals surface area contributed by atoms with Crippen molar-refractivity contribution in [1.82, 2.24) is 0 Å². The van der Waals surface area contributed by atoms with Gasteiger partial charge < -0.3 is 5.32 Å². The molecule has 0 bridgehead atoms. The van der Waals surface area contributed by atoms with Gasteiger partial charge in [0.25, 0.3) is 5.69 Å². The number of benzene rings is 3. The molecule has 0 aromatic heterocycles. The lowest BCUT2D eigenvalue weighted by Crippen LogP contribution is -2.08. The van der Waals surface area contributed by atoms with E-state index < -0.39 is 4.92 Å². The molecule has 0 saturated heterocycles. The Morgan fingerprint density at radius 2 is 1.44 bits per heavy atom. The second kappa shape index (κ2) is 7.93. The van der Waals surface area contributed by atoms with Crippen LogP contribution in [0.5, 0.6) is 0 Å². The second-order valence-corrected chi connectivity index (χ2v) is 5.61. The van der Waals surface area contributed by atoms with Crippen LogP contribution in [0, 0.1) is 10.1 Å². The number of anilines is 1. The fourth-order valence-electron chi connectivity index (χ4n) is 2.53. The molecule has 0 aliphatic heterocycles. The molecule has 3 rings (SSSR count). The summed E-state index contributed by atoms with van der Waals surface area (Å²) in [6.07, 6.45) is 4.15. The molecule has 0 aliphatic carbocycles. The lowest BCUT2D eigenvalue weighted by Gasteiger charge is -2.17. The summed E-state index contributed by atoms with van der Waals surface area (Å²) in [5.74, 6) is 0. The zero-order valence-corrected chi connectivity index (χ0v) is 13.6. The topological polar surface area (TPSA) is 55.2 Å². The minimum Gasteiger partial charge on any atom is -0.375 e. The van der Waals surface area contributed by atoms with Gasteiger partial charge in [-0.25, -0.2) is 0 Å². The van der Waals surface area contributed by atoms with Gasteiger partial charge in [-0.2, -0.15) is 0 Å². The Morgan fingerprint density at radius 1 is 0.840 bits per heavy atom. The van der Waals surface area contributed by atoms with E-state index in [4.69, 9.17) is 0 Å². The number of nitro benzene ring substituents is 1. The third-order valence-corrected chi connectivity index (χ3v) is 3.84. The molecular weight excluding hydrogens is 312 g/mol. The molecule has 1 unspecified atom stereocenters. The summed E-state index contributed by atoms with van der Waals surface area (Å²) in [4.78, 5) is 10.4. The third-order valence-electron chi connectivity index (χ3n) is 3.84. The lowest BCUT2D eigenvalue weighted by molar-refractivity contribution is -0.384. The van der Waals surface area contributed by atoms with Crippen LogP contribution in [0.1, 0.15) is 17.2 Å². The highest BCUT2D eigenvalue weighted by atomic mass is 16.6. The Hall–Kier alpha value is -3.40. The monoisotopic (exact) mass is 330 g/mol. The molecule has 0 saturated carbocycles. The standard InChI is InChI=1S/C21H18N2O2/c24-23(25)20-14-12-19(13-15-20)22-21(18-9-5-2-6-10-18)16-11-17-7-3-1-4-8-17/h1-16,21-22H/b16-11+. The second-order valence-electron chi connectivity index (χ2n) is 5.61. The molecule has 4 heteroatoms. The molecule has 25 heavy (non-hydrogen) atoms. The van der Waals surface area contributed by atoms with Crippen LogP contribution in [0.15, 0.2) is 91.0 Å². The summed E-state index contributed by atoms with van der Waals surface area (Å²) in [5.41, 5.74) is 3.15. The fourth-order valence-corrected chi connectivity index (χ4v) is 2.53. The van der Waals surface area contributed by atoms with Crippen molar-refractivity contribution >= 4 is 17.5 Å². The van der Waals surface area contributed by atoms with Gasteiger partial charge in [0.05, 0.1) is 11.0 Å². The zero-order valence-electron chi connectivity index (χ0n) is 13.6. The number of nitrogens with zero attached hydrogens (tertiary/aromatic N) is 1. The minimum atomic E-state index is -0.395. The van der Waals surface area contributed by atoms with Gasteiger partial charge in [-0.15, -0.1) is 0 Å². The minimum absolute atomic E-state index is 0.0390. The summed E-state index contributed by atoms with van der Waals surface area (Å²) in [7, 11) is 0. The van der Waals surface area contributed by atoms with E-state index in [1.165, 1.54) is 12.1 Å². The molecule has 0 heterocycles. The number of nitro groups is 1. The fraction of sp³-hybridized carbons (Fsp3) is 0.0476. The van der Waals surface area contributed by atoms with Crippen molar-refractivity contribution in [3.63, 3.8) is 0 Å². The largest absolute Gasteiger partial charge is 0.375 e. The summed E-state index contributed by atoms with van der Waals surface area (Å²) in [5, 5.41) is 14.2. The van der Waals surface area contributed by atoms with Gasteiger partial charge in [0.2, 0.25) is 0 Å². The van der Waals surface area contributed by atoms with Gasteiger partial charge in [-0.05, 0) is 23.3 Å². The molecule has 4 nitrogen and oxygen atoms in total. The number of rotatable bonds is 6. The summed E-state index contributed by atoms with van der Waals surface area (Å²) >= 11 is 0. The van der Waals surface area contributed by atoms with Crippen molar-refractivity contribution in [2.24, 2.45) is 0 Å². The number of hydrogen-bond acceptors (Lipinski definition) is 3. The van der Waals surface area contributed by atoms with E-state index in [2.05, 4.69) is 29.6 Å². The van der Waals surface area contributed by atoms with Crippen LogP contribution in [0.3, 0.4) is 0 Å². The Morgan fingerprint density at radius 3 is 2.04 bits per heavy atom. The summed E-state index contributed by atoms with van der Waals surface area (Å²) < 4.78 is 0. The predicted molar refractivity (Wildman–Crippen MR) is 101 cm³/mol. The van der Waals surface area contributed by atoms with Crippen LogP contribution < -0.4 is 5.32 Å². The molecule has 0 amide bonds. The van der Waals surface area contributed by atoms with E-state index in [1.54, 1.807) is 12.1 Å². The lowest BCUT2D eigenvalue weighted by atomic mass is 10.0. The molecule has 3 aromatic carbocycles. The maximum Gasteiger partial charge on any atom is 0.269 e. The first kappa shape index (κ1) is 16.5. The van der Waals surface area contributed by atoms with Crippen molar-refractivity contribution in [1.29, 1.82) is 0 Å². The summed E-state index contributed by atoms with van der Waals surface area (Å²) in [6, 6.07) is 26.6. The number of non-ortho nitro benzene ring substituents is 1. The van der Waals surface area contributed by atoms with Crippen LogP contribution in [0.4, 0.5) is 11.4 Å². The van der Waals surface area contributed by atoms with Crippen molar-refractivity contribution in [2.45, 2.75) is 6.04 Å². The molecule has 0 spiro atoms. The van der Waals surface area contributed by atoms with Crippen molar-refractivity contribution < 1.29 is 4.92 Å². The molecular formula is C21H18N2O2. The quantitative estimate of drug-likeness (QED) is 0.482. The van der Waals surface area contributed by atoms with Crippen LogP contribution in [0.25, 0.3) is 6.08 Å². The third kappa shape index (κ3) is 4.54. The highest BCUT2D eigenvalue weighted by Gasteiger charge is 2.09. The highest BCUT2D eigenvalue weighted by Crippen LogP contribution is 2.23. The first-order valence-electron chi connectivity index (χ1n) is 8.01. The Balaban J connectivity index is 1.84. The van der Waals surface area contributed by atoms with Gasteiger partial charge in [0, 0.05) is 17.8 Å². The summed E-state index contributed by atoms with van der Waals surface area (Å²) in [6.45, 7) is 0. The predicted octanol–water partition coefficient (Wildman–Crippen LogP) is 5.46. The average molecular weight is 330 g/mol. The van der Waals surface area contributed by atoms with E-state index in [0.29, 0.717) is 0 Å². The van der Waals surface area contributed by atoms with E-state index in [1.807, 2.05) is 48.5 Å². The van der Waals surface area contributed by atoms with E-state index in [-0.39, 0.29) is 11.7 Å². The van der Waals surface area contributed by atoms with Gasteiger partial charge in [-0.3, -0.25) is 10.1 Å². The van der Waals surface area contributed by atoms with Crippen molar-refractivity contribution in [2.75, 3.05) is 5.32 Å². The van der Waals surface area contributed by atoms with Crippen LogP contribution in [0.2, 0.25) is 0 Å².